The zero-order valence-corrected chi connectivity index (χ0v) is 23.4. The lowest BCUT2D eigenvalue weighted by Crippen LogP contribution is -2.35. The molecule has 0 saturated heterocycles. The van der Waals surface area contributed by atoms with Crippen LogP contribution < -0.4 is 0 Å². The van der Waals surface area contributed by atoms with Gasteiger partial charge in [-0.05, 0) is 73.7 Å². The lowest BCUT2D eigenvalue weighted by Gasteiger charge is -2.29. The van der Waals surface area contributed by atoms with E-state index < -0.39 is 0 Å². The van der Waals surface area contributed by atoms with Crippen LogP contribution in [0.1, 0.15) is 46.7 Å². The molecule has 5 aromatic rings. The van der Waals surface area contributed by atoms with Gasteiger partial charge in [0.1, 0.15) is 16.6 Å². The van der Waals surface area contributed by atoms with Crippen molar-refractivity contribution in [3.8, 4) is 39.2 Å². The SMILES string of the molecule is Cc1c(-c2nc3cc(CO)cc(C#N)c3o2)cccc1-c1cccc(-c2nc3c(s2)CN(C(C)C)CC3)c1C. The molecule has 0 bridgehead atoms. The minimum atomic E-state index is -0.158. The average Bonchev–Trinajstić information content (AvgIpc) is 3.56. The van der Waals surface area contributed by atoms with E-state index in [1.165, 1.54) is 21.7 Å². The van der Waals surface area contributed by atoms with E-state index in [1.807, 2.05) is 23.5 Å². The highest BCUT2D eigenvalue weighted by atomic mass is 32.1. The van der Waals surface area contributed by atoms with Gasteiger partial charge < -0.3 is 9.52 Å². The van der Waals surface area contributed by atoms with Crippen molar-refractivity contribution in [3.63, 3.8) is 0 Å². The number of nitriles is 1. The van der Waals surface area contributed by atoms with Crippen LogP contribution in [-0.4, -0.2) is 32.6 Å². The quantitative estimate of drug-likeness (QED) is 0.260. The average molecular weight is 535 g/mol. The van der Waals surface area contributed by atoms with Gasteiger partial charge in [0.15, 0.2) is 5.58 Å². The van der Waals surface area contributed by atoms with Crippen molar-refractivity contribution < 1.29 is 9.52 Å². The molecule has 0 aliphatic carbocycles. The topological polar surface area (TPSA) is 86.2 Å². The highest BCUT2D eigenvalue weighted by Gasteiger charge is 2.24. The number of hydrogen-bond donors (Lipinski definition) is 1. The highest BCUT2D eigenvalue weighted by molar-refractivity contribution is 7.15. The van der Waals surface area contributed by atoms with Gasteiger partial charge >= 0.3 is 0 Å². The van der Waals surface area contributed by atoms with Crippen LogP contribution in [0.2, 0.25) is 0 Å². The predicted molar refractivity (Wildman–Crippen MR) is 155 cm³/mol. The molecule has 0 spiro atoms. The molecule has 0 fully saturated rings. The first kappa shape index (κ1) is 25.4. The Bertz CT molecular complexity index is 1760. The fourth-order valence-corrected chi connectivity index (χ4v) is 6.69. The molecule has 39 heavy (non-hydrogen) atoms. The Hall–Kier alpha value is -3.83. The molecule has 0 radical (unpaired) electrons. The van der Waals surface area contributed by atoms with E-state index in [0.717, 1.165) is 46.8 Å². The molecule has 1 aliphatic rings. The van der Waals surface area contributed by atoms with Crippen LogP contribution in [0.5, 0.6) is 0 Å². The summed E-state index contributed by atoms with van der Waals surface area (Å²) in [6, 6.07) is 18.7. The van der Waals surface area contributed by atoms with Crippen LogP contribution in [0.4, 0.5) is 0 Å². The van der Waals surface area contributed by atoms with Crippen molar-refractivity contribution in [1.82, 2.24) is 14.9 Å². The van der Waals surface area contributed by atoms with Gasteiger partial charge in [0.2, 0.25) is 5.89 Å². The van der Waals surface area contributed by atoms with E-state index in [1.54, 1.807) is 12.1 Å². The second-order valence-electron chi connectivity index (χ2n) is 10.4. The Labute approximate surface area is 232 Å². The Kier molecular flexibility index (Phi) is 6.56. The summed E-state index contributed by atoms with van der Waals surface area (Å²) in [4.78, 5) is 13.7. The fraction of sp³-hybridized carbons (Fsp3) is 0.281. The number of rotatable bonds is 5. The summed E-state index contributed by atoms with van der Waals surface area (Å²) in [5.41, 5.74) is 9.82. The molecule has 1 aliphatic heterocycles. The van der Waals surface area contributed by atoms with Crippen molar-refractivity contribution in [2.24, 2.45) is 0 Å². The van der Waals surface area contributed by atoms with Gasteiger partial charge in [0, 0.05) is 41.6 Å². The number of fused-ring (bicyclic) bond motifs is 2. The first-order valence-electron chi connectivity index (χ1n) is 13.2. The lowest BCUT2D eigenvalue weighted by molar-refractivity contribution is 0.205. The molecule has 0 atom stereocenters. The molecule has 7 heteroatoms. The number of oxazole rings is 1. The Morgan fingerprint density at radius 3 is 2.41 bits per heavy atom. The monoisotopic (exact) mass is 534 g/mol. The highest BCUT2D eigenvalue weighted by Crippen LogP contribution is 2.40. The van der Waals surface area contributed by atoms with Crippen molar-refractivity contribution >= 4 is 22.4 Å². The number of benzene rings is 3. The largest absolute Gasteiger partial charge is 0.435 e. The summed E-state index contributed by atoms with van der Waals surface area (Å²) in [5.74, 6) is 0.465. The Morgan fingerprint density at radius 2 is 1.72 bits per heavy atom. The molecule has 3 aromatic carbocycles. The van der Waals surface area contributed by atoms with E-state index in [-0.39, 0.29) is 6.61 Å². The van der Waals surface area contributed by atoms with E-state index in [0.29, 0.717) is 34.2 Å². The van der Waals surface area contributed by atoms with Gasteiger partial charge in [-0.25, -0.2) is 9.97 Å². The molecule has 1 N–H and O–H groups in total. The van der Waals surface area contributed by atoms with Crippen molar-refractivity contribution in [2.45, 2.75) is 53.3 Å². The number of aliphatic hydroxyl groups excluding tert-OH is 1. The molecule has 0 saturated carbocycles. The lowest BCUT2D eigenvalue weighted by atomic mass is 9.91. The molecule has 0 unspecified atom stereocenters. The number of nitrogens with zero attached hydrogens (tertiary/aromatic N) is 4. The van der Waals surface area contributed by atoms with E-state index in [4.69, 9.17) is 14.4 Å². The third-order valence-corrected chi connectivity index (χ3v) is 8.88. The maximum Gasteiger partial charge on any atom is 0.227 e. The summed E-state index contributed by atoms with van der Waals surface area (Å²) in [6.07, 6.45) is 1.00. The summed E-state index contributed by atoms with van der Waals surface area (Å²) >= 11 is 1.82. The third kappa shape index (κ3) is 4.45. The van der Waals surface area contributed by atoms with Gasteiger partial charge in [0.05, 0.1) is 17.9 Å². The Balaban J connectivity index is 1.41. The van der Waals surface area contributed by atoms with E-state index in [2.05, 4.69) is 62.9 Å². The molecule has 2 aromatic heterocycles. The maximum atomic E-state index is 9.60. The van der Waals surface area contributed by atoms with Crippen molar-refractivity contribution in [1.29, 1.82) is 5.26 Å². The number of hydrogen-bond acceptors (Lipinski definition) is 7. The van der Waals surface area contributed by atoms with E-state index >= 15 is 0 Å². The van der Waals surface area contributed by atoms with Gasteiger partial charge in [-0.15, -0.1) is 11.3 Å². The van der Waals surface area contributed by atoms with Crippen LogP contribution in [0.3, 0.4) is 0 Å². The normalized spacial score (nSPS) is 13.7. The molecule has 3 heterocycles. The first-order valence-corrected chi connectivity index (χ1v) is 14.1. The zero-order chi connectivity index (χ0) is 27.3. The van der Waals surface area contributed by atoms with Crippen LogP contribution in [0.25, 0.3) is 44.3 Å². The minimum absolute atomic E-state index is 0.158. The molecule has 196 valence electrons. The molecular weight excluding hydrogens is 504 g/mol. The smallest absolute Gasteiger partial charge is 0.227 e. The van der Waals surface area contributed by atoms with Crippen LogP contribution in [0, 0.1) is 25.2 Å². The van der Waals surface area contributed by atoms with Gasteiger partial charge in [-0.1, -0.05) is 30.3 Å². The van der Waals surface area contributed by atoms with Crippen LogP contribution in [-0.2, 0) is 19.6 Å². The second-order valence-corrected chi connectivity index (χ2v) is 11.5. The van der Waals surface area contributed by atoms with Crippen molar-refractivity contribution in [2.75, 3.05) is 6.54 Å². The summed E-state index contributed by atoms with van der Waals surface area (Å²) in [5, 5.41) is 20.3. The van der Waals surface area contributed by atoms with E-state index in [9.17, 15) is 10.4 Å². The van der Waals surface area contributed by atoms with Gasteiger partial charge in [0.25, 0.3) is 0 Å². The van der Waals surface area contributed by atoms with Crippen LogP contribution >= 0.6 is 11.3 Å². The number of aromatic nitrogens is 2. The maximum absolute atomic E-state index is 9.60. The Morgan fingerprint density at radius 1 is 1.03 bits per heavy atom. The predicted octanol–water partition coefficient (Wildman–Crippen LogP) is 7.03. The van der Waals surface area contributed by atoms with Crippen LogP contribution in [0.15, 0.2) is 52.9 Å². The molecule has 0 amide bonds. The van der Waals surface area contributed by atoms with Gasteiger partial charge in [-0.3, -0.25) is 4.90 Å². The molecule has 6 rings (SSSR count). The first-order chi connectivity index (χ1) is 18.9. The van der Waals surface area contributed by atoms with Crippen molar-refractivity contribution in [3.05, 3.63) is 81.4 Å². The zero-order valence-electron chi connectivity index (χ0n) is 22.6. The summed E-state index contributed by atoms with van der Waals surface area (Å²) in [6.45, 7) is 10.6. The standard InChI is InChI=1S/C32H30N4O2S/c1-18(2)36-12-11-27-29(16-36)39-32(35-27)26-10-6-8-24(20(26)4)23-7-5-9-25(19(23)3)31-34-28-14-21(17-37)13-22(15-33)30(28)38-31/h5-10,13-14,18,37H,11-12,16-17H2,1-4H3. The second kappa shape index (κ2) is 10.0. The fourth-order valence-electron chi connectivity index (χ4n) is 5.47. The minimum Gasteiger partial charge on any atom is -0.435 e. The number of thiazole rings is 1. The summed E-state index contributed by atoms with van der Waals surface area (Å²) in [7, 11) is 0. The molecule has 6 nitrogen and oxygen atoms in total. The summed E-state index contributed by atoms with van der Waals surface area (Å²) < 4.78 is 6.12. The third-order valence-electron chi connectivity index (χ3n) is 7.76. The molecular formula is C32H30N4O2S. The van der Waals surface area contributed by atoms with Gasteiger partial charge in [-0.2, -0.15) is 5.26 Å². The number of aliphatic hydroxyl groups is 1.